The Bertz CT molecular complexity index is 748. The summed E-state index contributed by atoms with van der Waals surface area (Å²) in [5.74, 6) is 0. The van der Waals surface area contributed by atoms with Gasteiger partial charge in [-0.2, -0.15) is 0 Å². The molecule has 1 aromatic carbocycles. The highest BCUT2D eigenvalue weighted by molar-refractivity contribution is 7.89. The van der Waals surface area contributed by atoms with Gasteiger partial charge in [0.1, 0.15) is 0 Å². The van der Waals surface area contributed by atoms with E-state index >= 15 is 0 Å². The number of aromatic amines is 1. The maximum absolute atomic E-state index is 12.3. The van der Waals surface area contributed by atoms with E-state index in [1.54, 1.807) is 30.3 Å². The lowest BCUT2D eigenvalue weighted by Gasteiger charge is -2.14. The molecule has 6 heteroatoms. The van der Waals surface area contributed by atoms with E-state index in [1.165, 1.54) is 26.4 Å². The quantitative estimate of drug-likeness (QED) is 0.919. The second-order valence-corrected chi connectivity index (χ2v) is 6.32. The Labute approximate surface area is 111 Å². The summed E-state index contributed by atoms with van der Waals surface area (Å²) in [6, 6.07) is 9.73. The molecule has 0 aliphatic heterocycles. The molecule has 100 valence electrons. The van der Waals surface area contributed by atoms with Crippen molar-refractivity contribution in [2.24, 2.45) is 0 Å². The number of hydrogen-bond acceptors (Lipinski definition) is 3. The van der Waals surface area contributed by atoms with Crippen LogP contribution in [0.3, 0.4) is 0 Å². The molecule has 0 aliphatic carbocycles. The van der Waals surface area contributed by atoms with Crippen LogP contribution < -0.4 is 5.56 Å². The number of sulfonamides is 1. The maximum atomic E-state index is 12.3. The third kappa shape index (κ3) is 2.45. The molecule has 0 amide bonds. The molecule has 0 bridgehead atoms. The average molecular weight is 278 g/mol. The van der Waals surface area contributed by atoms with Gasteiger partial charge in [0, 0.05) is 31.4 Å². The van der Waals surface area contributed by atoms with Crippen molar-refractivity contribution in [1.82, 2.24) is 9.29 Å². The zero-order valence-corrected chi connectivity index (χ0v) is 11.4. The van der Waals surface area contributed by atoms with Crippen molar-refractivity contribution >= 4 is 10.0 Å². The fraction of sp³-hybridized carbons (Fsp3) is 0.154. The van der Waals surface area contributed by atoms with E-state index in [-0.39, 0.29) is 10.5 Å². The lowest BCUT2D eigenvalue weighted by Crippen LogP contribution is -2.23. The Morgan fingerprint density at radius 3 is 2.26 bits per heavy atom. The van der Waals surface area contributed by atoms with Crippen LogP contribution in [0, 0.1) is 0 Å². The number of aromatic nitrogens is 1. The predicted octanol–water partition coefficient (Wildman–Crippen LogP) is 1.29. The monoisotopic (exact) mass is 278 g/mol. The molecule has 0 fully saturated rings. The van der Waals surface area contributed by atoms with Crippen molar-refractivity contribution in [3.05, 3.63) is 52.9 Å². The van der Waals surface area contributed by atoms with Crippen molar-refractivity contribution < 1.29 is 8.42 Å². The van der Waals surface area contributed by atoms with E-state index in [2.05, 4.69) is 4.98 Å². The van der Waals surface area contributed by atoms with Crippen molar-refractivity contribution in [2.75, 3.05) is 14.1 Å². The van der Waals surface area contributed by atoms with Gasteiger partial charge in [-0.15, -0.1) is 0 Å². The highest BCUT2D eigenvalue weighted by atomic mass is 32.2. The largest absolute Gasteiger partial charge is 0.329 e. The number of pyridine rings is 1. The summed E-state index contributed by atoms with van der Waals surface area (Å²) < 4.78 is 25.6. The van der Waals surface area contributed by atoms with Crippen LogP contribution in [0.5, 0.6) is 0 Å². The van der Waals surface area contributed by atoms with Gasteiger partial charge in [-0.25, -0.2) is 12.7 Å². The Morgan fingerprint density at radius 2 is 1.63 bits per heavy atom. The summed E-state index contributed by atoms with van der Waals surface area (Å²) in [5, 5.41) is 0. The molecule has 0 saturated carbocycles. The normalized spacial score (nSPS) is 11.7. The molecule has 19 heavy (non-hydrogen) atoms. The van der Waals surface area contributed by atoms with E-state index in [4.69, 9.17) is 0 Å². The van der Waals surface area contributed by atoms with E-state index in [0.29, 0.717) is 11.1 Å². The van der Waals surface area contributed by atoms with Crippen LogP contribution in [0.25, 0.3) is 11.1 Å². The minimum Gasteiger partial charge on any atom is -0.329 e. The van der Waals surface area contributed by atoms with Gasteiger partial charge in [0.05, 0.1) is 4.90 Å². The van der Waals surface area contributed by atoms with Gasteiger partial charge in [-0.3, -0.25) is 4.79 Å². The highest BCUT2D eigenvalue weighted by Gasteiger charge is 2.22. The molecule has 1 aromatic heterocycles. The smallest absolute Gasteiger partial charge is 0.255 e. The Kier molecular flexibility index (Phi) is 3.55. The first-order chi connectivity index (χ1) is 8.94. The zero-order valence-electron chi connectivity index (χ0n) is 10.6. The number of nitrogens with zero attached hydrogens (tertiary/aromatic N) is 1. The molecule has 0 aliphatic rings. The third-order valence-corrected chi connectivity index (χ3v) is 4.63. The third-order valence-electron chi connectivity index (χ3n) is 2.75. The average Bonchev–Trinajstić information content (AvgIpc) is 2.39. The fourth-order valence-corrected chi connectivity index (χ4v) is 2.84. The first-order valence-corrected chi connectivity index (χ1v) is 7.08. The molecule has 5 nitrogen and oxygen atoms in total. The molecule has 0 spiro atoms. The number of rotatable bonds is 3. The molecule has 2 aromatic rings. The topological polar surface area (TPSA) is 70.2 Å². The standard InChI is InChI=1S/C13H14N2O3S/c1-15(2)19(17,18)12-8-4-3-6-10(12)11-7-5-9-14-13(11)16/h3-9H,1-2H3,(H,14,16). The summed E-state index contributed by atoms with van der Waals surface area (Å²) in [7, 11) is -0.673. The maximum Gasteiger partial charge on any atom is 0.255 e. The number of benzene rings is 1. The molecular weight excluding hydrogens is 264 g/mol. The van der Waals surface area contributed by atoms with Crippen LogP contribution in [-0.4, -0.2) is 31.8 Å². The molecule has 0 radical (unpaired) electrons. The van der Waals surface area contributed by atoms with E-state index in [0.717, 1.165) is 4.31 Å². The molecule has 2 rings (SSSR count). The van der Waals surface area contributed by atoms with Gasteiger partial charge in [0.2, 0.25) is 10.0 Å². The van der Waals surface area contributed by atoms with Crippen LogP contribution in [0.1, 0.15) is 0 Å². The second-order valence-electron chi connectivity index (χ2n) is 4.20. The van der Waals surface area contributed by atoms with Crippen LogP contribution in [0.2, 0.25) is 0 Å². The van der Waals surface area contributed by atoms with Crippen molar-refractivity contribution in [3.8, 4) is 11.1 Å². The lowest BCUT2D eigenvalue weighted by molar-refractivity contribution is 0.521. The summed E-state index contributed by atoms with van der Waals surface area (Å²) in [4.78, 5) is 14.5. The van der Waals surface area contributed by atoms with Gasteiger partial charge in [0.15, 0.2) is 0 Å². The molecule has 0 unspecified atom stereocenters. The van der Waals surface area contributed by atoms with E-state index < -0.39 is 10.0 Å². The van der Waals surface area contributed by atoms with E-state index in [9.17, 15) is 13.2 Å². The fourth-order valence-electron chi connectivity index (χ4n) is 1.74. The van der Waals surface area contributed by atoms with Gasteiger partial charge in [-0.05, 0) is 18.2 Å². The van der Waals surface area contributed by atoms with E-state index in [1.807, 2.05) is 0 Å². The van der Waals surface area contributed by atoms with Gasteiger partial charge >= 0.3 is 0 Å². The Balaban J connectivity index is 2.75. The number of hydrogen-bond donors (Lipinski definition) is 1. The Hall–Kier alpha value is -1.92. The zero-order chi connectivity index (χ0) is 14.0. The molecule has 1 N–H and O–H groups in total. The summed E-state index contributed by atoms with van der Waals surface area (Å²) in [6.07, 6.45) is 1.51. The molecule has 0 saturated heterocycles. The molecule has 0 atom stereocenters. The second kappa shape index (κ2) is 4.99. The molecule has 1 heterocycles. The summed E-state index contributed by atoms with van der Waals surface area (Å²) >= 11 is 0. The van der Waals surface area contributed by atoms with Crippen molar-refractivity contribution in [2.45, 2.75) is 4.90 Å². The summed E-state index contributed by atoms with van der Waals surface area (Å²) in [6.45, 7) is 0. The van der Waals surface area contributed by atoms with Crippen molar-refractivity contribution in [3.63, 3.8) is 0 Å². The van der Waals surface area contributed by atoms with Gasteiger partial charge < -0.3 is 4.98 Å². The number of nitrogens with one attached hydrogen (secondary N) is 1. The minimum atomic E-state index is -3.59. The molecular formula is C13H14N2O3S. The first-order valence-electron chi connectivity index (χ1n) is 5.64. The Morgan fingerprint density at radius 1 is 1.00 bits per heavy atom. The van der Waals surface area contributed by atoms with Crippen LogP contribution in [0.15, 0.2) is 52.3 Å². The van der Waals surface area contributed by atoms with Gasteiger partial charge in [0.25, 0.3) is 5.56 Å². The highest BCUT2D eigenvalue weighted by Crippen LogP contribution is 2.26. The van der Waals surface area contributed by atoms with Crippen LogP contribution in [0.4, 0.5) is 0 Å². The van der Waals surface area contributed by atoms with Crippen molar-refractivity contribution in [1.29, 1.82) is 0 Å². The van der Waals surface area contributed by atoms with Gasteiger partial charge in [-0.1, -0.05) is 18.2 Å². The number of H-pyrrole nitrogens is 1. The summed E-state index contributed by atoms with van der Waals surface area (Å²) in [5.41, 5.74) is 0.422. The SMILES string of the molecule is CN(C)S(=O)(=O)c1ccccc1-c1ccc[nH]c1=O. The van der Waals surface area contributed by atoms with Crippen LogP contribution in [-0.2, 0) is 10.0 Å². The van der Waals surface area contributed by atoms with Crippen LogP contribution >= 0.6 is 0 Å². The lowest BCUT2D eigenvalue weighted by atomic mass is 10.1. The minimum absolute atomic E-state index is 0.122. The predicted molar refractivity (Wildman–Crippen MR) is 73.4 cm³/mol. The first kappa shape index (κ1) is 13.5.